The molecule has 0 spiro atoms. The van der Waals surface area contributed by atoms with Crippen LogP contribution in [0, 0.1) is 0 Å². The zero-order valence-corrected chi connectivity index (χ0v) is 13.2. The van der Waals surface area contributed by atoms with Gasteiger partial charge in [-0.25, -0.2) is 5.43 Å². The second-order valence-corrected chi connectivity index (χ2v) is 5.04. The van der Waals surface area contributed by atoms with Crippen LogP contribution >= 0.6 is 0 Å². The summed E-state index contributed by atoms with van der Waals surface area (Å²) < 4.78 is 5.64. The van der Waals surface area contributed by atoms with E-state index in [4.69, 9.17) is 4.74 Å². The molecule has 120 valence electrons. The lowest BCUT2D eigenvalue weighted by molar-refractivity contribution is 0.0950. The molecule has 0 unspecified atom stereocenters. The quantitative estimate of drug-likeness (QED) is 0.461. The first-order valence-electron chi connectivity index (χ1n) is 7.77. The number of aromatic nitrogens is 1. The van der Waals surface area contributed by atoms with E-state index in [9.17, 15) is 4.79 Å². The number of nitrogens with one attached hydrogen (secondary N) is 1. The summed E-state index contributed by atoms with van der Waals surface area (Å²) in [7, 11) is 0. The van der Waals surface area contributed by atoms with Gasteiger partial charge in [-0.2, -0.15) is 5.10 Å². The number of amides is 1. The number of rotatable bonds is 8. The summed E-state index contributed by atoms with van der Waals surface area (Å²) in [5.41, 5.74) is 3.66. The first-order chi connectivity index (χ1) is 11.3. The van der Waals surface area contributed by atoms with Crippen molar-refractivity contribution in [2.75, 3.05) is 6.61 Å². The van der Waals surface area contributed by atoms with Gasteiger partial charge in [-0.05, 0) is 48.4 Å². The smallest absolute Gasteiger partial charge is 0.289 e. The van der Waals surface area contributed by atoms with E-state index >= 15 is 0 Å². The molecule has 0 aliphatic heterocycles. The summed E-state index contributed by atoms with van der Waals surface area (Å²) in [6.07, 6.45) is 6.59. The van der Waals surface area contributed by atoms with Crippen LogP contribution in [0.25, 0.3) is 0 Å². The first-order valence-corrected chi connectivity index (χ1v) is 7.77. The van der Waals surface area contributed by atoms with Crippen LogP contribution in [-0.4, -0.2) is 23.7 Å². The van der Waals surface area contributed by atoms with Crippen molar-refractivity contribution in [1.29, 1.82) is 0 Å². The Morgan fingerprint density at radius 2 is 2.04 bits per heavy atom. The molecule has 1 heterocycles. The molecule has 0 bridgehead atoms. The van der Waals surface area contributed by atoms with Crippen molar-refractivity contribution in [3.05, 3.63) is 59.9 Å². The van der Waals surface area contributed by atoms with E-state index in [0.717, 1.165) is 24.3 Å². The van der Waals surface area contributed by atoms with Crippen LogP contribution in [0.5, 0.6) is 5.75 Å². The van der Waals surface area contributed by atoms with Gasteiger partial charge >= 0.3 is 0 Å². The topological polar surface area (TPSA) is 63.6 Å². The van der Waals surface area contributed by atoms with Crippen LogP contribution < -0.4 is 10.2 Å². The number of carbonyl (C=O) groups is 1. The average Bonchev–Trinajstić information content (AvgIpc) is 2.60. The van der Waals surface area contributed by atoms with Crippen molar-refractivity contribution in [3.8, 4) is 5.75 Å². The number of benzene rings is 1. The highest BCUT2D eigenvalue weighted by molar-refractivity contribution is 5.93. The summed E-state index contributed by atoms with van der Waals surface area (Å²) >= 11 is 0. The van der Waals surface area contributed by atoms with Gasteiger partial charge in [0.05, 0.1) is 12.8 Å². The second-order valence-electron chi connectivity index (χ2n) is 5.04. The molecule has 2 rings (SSSR count). The molecule has 0 fully saturated rings. The van der Waals surface area contributed by atoms with Crippen molar-refractivity contribution < 1.29 is 9.53 Å². The van der Waals surface area contributed by atoms with Crippen LogP contribution in [0.3, 0.4) is 0 Å². The molecule has 0 aliphatic rings. The summed E-state index contributed by atoms with van der Waals surface area (Å²) in [6, 6.07) is 12.7. The minimum Gasteiger partial charge on any atom is -0.494 e. The Kier molecular flexibility index (Phi) is 6.78. The fourth-order valence-corrected chi connectivity index (χ4v) is 1.91. The molecule has 1 aromatic carbocycles. The fourth-order valence-electron chi connectivity index (χ4n) is 1.91. The van der Waals surface area contributed by atoms with Gasteiger partial charge in [-0.15, -0.1) is 0 Å². The van der Waals surface area contributed by atoms with Gasteiger partial charge in [0.2, 0.25) is 0 Å². The zero-order valence-electron chi connectivity index (χ0n) is 13.2. The molecule has 23 heavy (non-hydrogen) atoms. The van der Waals surface area contributed by atoms with Crippen LogP contribution in [0.2, 0.25) is 0 Å². The summed E-state index contributed by atoms with van der Waals surface area (Å²) in [6.45, 7) is 2.90. The normalized spacial score (nSPS) is 10.7. The Bertz CT molecular complexity index is 624. The predicted octanol–water partition coefficient (Wildman–Crippen LogP) is 3.41. The maximum absolute atomic E-state index is 11.8. The molecule has 5 nitrogen and oxygen atoms in total. The molecule has 2 aromatic rings. The fraction of sp³-hybridized carbons (Fsp3) is 0.278. The molecule has 0 aliphatic carbocycles. The summed E-state index contributed by atoms with van der Waals surface area (Å²) in [5.74, 6) is 0.508. The first kappa shape index (κ1) is 16.7. The molecule has 1 aromatic heterocycles. The minimum atomic E-state index is -0.335. The molecule has 0 atom stereocenters. The average molecular weight is 311 g/mol. The molecular formula is C18H21N3O2. The van der Waals surface area contributed by atoms with E-state index < -0.39 is 0 Å². The largest absolute Gasteiger partial charge is 0.494 e. The van der Waals surface area contributed by atoms with E-state index in [0.29, 0.717) is 5.69 Å². The van der Waals surface area contributed by atoms with E-state index in [1.54, 1.807) is 30.6 Å². The van der Waals surface area contributed by atoms with Crippen molar-refractivity contribution >= 4 is 12.1 Å². The van der Waals surface area contributed by atoms with Gasteiger partial charge in [0.25, 0.3) is 5.91 Å². The Morgan fingerprint density at radius 1 is 1.22 bits per heavy atom. The number of unbranched alkanes of at least 4 members (excludes halogenated alkanes) is 2. The third-order valence-corrected chi connectivity index (χ3v) is 3.17. The van der Waals surface area contributed by atoms with Crippen LogP contribution in [-0.2, 0) is 0 Å². The number of carbonyl (C=O) groups excluding carboxylic acids is 1. The van der Waals surface area contributed by atoms with Gasteiger partial charge in [0.1, 0.15) is 11.4 Å². The van der Waals surface area contributed by atoms with E-state index in [1.807, 2.05) is 24.3 Å². The zero-order chi connectivity index (χ0) is 16.3. The maximum Gasteiger partial charge on any atom is 0.289 e. The summed E-state index contributed by atoms with van der Waals surface area (Å²) in [5, 5.41) is 3.93. The highest BCUT2D eigenvalue weighted by atomic mass is 16.5. The van der Waals surface area contributed by atoms with Gasteiger partial charge in [0.15, 0.2) is 0 Å². The Morgan fingerprint density at radius 3 is 2.74 bits per heavy atom. The van der Waals surface area contributed by atoms with Crippen molar-refractivity contribution in [1.82, 2.24) is 10.4 Å². The SMILES string of the molecule is CCCCCOc1ccc(/C=N\NC(=O)c2ccccn2)cc1. The number of pyridine rings is 1. The van der Waals surface area contributed by atoms with Gasteiger partial charge in [0, 0.05) is 6.20 Å². The lowest BCUT2D eigenvalue weighted by Crippen LogP contribution is -2.18. The highest BCUT2D eigenvalue weighted by Gasteiger charge is 2.03. The van der Waals surface area contributed by atoms with Crippen LogP contribution in [0.15, 0.2) is 53.8 Å². The molecule has 0 radical (unpaired) electrons. The molecular weight excluding hydrogens is 290 g/mol. The molecule has 1 N–H and O–H groups in total. The highest BCUT2D eigenvalue weighted by Crippen LogP contribution is 2.11. The number of ether oxygens (including phenoxy) is 1. The van der Waals surface area contributed by atoms with Crippen molar-refractivity contribution in [2.24, 2.45) is 5.10 Å². The molecule has 5 heteroatoms. The third kappa shape index (κ3) is 5.90. The maximum atomic E-state index is 11.8. The van der Waals surface area contributed by atoms with E-state index in [1.165, 1.54) is 12.8 Å². The predicted molar refractivity (Wildman–Crippen MR) is 90.8 cm³/mol. The number of hydrogen-bond donors (Lipinski definition) is 1. The van der Waals surface area contributed by atoms with Gasteiger partial charge < -0.3 is 4.74 Å². The van der Waals surface area contributed by atoms with Crippen molar-refractivity contribution in [3.63, 3.8) is 0 Å². The molecule has 0 saturated carbocycles. The van der Waals surface area contributed by atoms with E-state index in [2.05, 4.69) is 22.4 Å². The van der Waals surface area contributed by atoms with Crippen LogP contribution in [0.1, 0.15) is 42.2 Å². The van der Waals surface area contributed by atoms with Crippen LogP contribution in [0.4, 0.5) is 0 Å². The second kappa shape index (κ2) is 9.35. The Labute approximate surface area is 136 Å². The van der Waals surface area contributed by atoms with Crippen molar-refractivity contribution in [2.45, 2.75) is 26.2 Å². The minimum absolute atomic E-state index is 0.334. The van der Waals surface area contributed by atoms with E-state index in [-0.39, 0.29) is 5.91 Å². The standard InChI is InChI=1S/C18H21N3O2/c1-2-3-6-13-23-16-10-8-15(9-11-16)14-20-21-18(22)17-7-4-5-12-19-17/h4-5,7-12,14H,2-3,6,13H2,1H3,(H,21,22)/b20-14-. The van der Waals surface area contributed by atoms with Gasteiger partial charge in [-0.1, -0.05) is 25.8 Å². The third-order valence-electron chi connectivity index (χ3n) is 3.17. The summed E-state index contributed by atoms with van der Waals surface area (Å²) in [4.78, 5) is 15.7. The molecule has 1 amide bonds. The molecule has 0 saturated heterocycles. The Balaban J connectivity index is 1.80. The number of hydrazone groups is 1. The lowest BCUT2D eigenvalue weighted by atomic mass is 10.2. The lowest BCUT2D eigenvalue weighted by Gasteiger charge is -2.05. The van der Waals surface area contributed by atoms with Gasteiger partial charge in [-0.3, -0.25) is 9.78 Å². The number of hydrogen-bond acceptors (Lipinski definition) is 4. The Hall–Kier alpha value is -2.69. The monoisotopic (exact) mass is 311 g/mol. The number of nitrogens with zero attached hydrogens (tertiary/aromatic N) is 2.